The molecule has 1 amide bonds. The van der Waals surface area contributed by atoms with E-state index in [1.165, 1.54) is 28.2 Å². The fourth-order valence-electron chi connectivity index (χ4n) is 2.76. The first-order chi connectivity index (χ1) is 13.2. The number of hydrogen-bond acceptors (Lipinski definition) is 6. The third kappa shape index (κ3) is 3.41. The molecule has 0 bridgehead atoms. The van der Waals surface area contributed by atoms with Crippen molar-refractivity contribution in [2.75, 3.05) is 5.73 Å². The minimum absolute atomic E-state index is 0.0178. The lowest BCUT2D eigenvalue weighted by Crippen LogP contribution is -2.17. The average Bonchev–Trinajstić information content (AvgIpc) is 3.30. The van der Waals surface area contributed by atoms with Gasteiger partial charge >= 0.3 is 6.18 Å². The highest BCUT2D eigenvalue weighted by Gasteiger charge is 2.28. The summed E-state index contributed by atoms with van der Waals surface area (Å²) in [7, 11) is 0. The number of carbonyl (C=O) groups excluding carboxylic acids is 1. The number of thiophene rings is 1. The van der Waals surface area contributed by atoms with E-state index < -0.39 is 18.6 Å². The highest BCUT2D eigenvalue weighted by atomic mass is 32.1. The molecule has 4 rings (SSSR count). The number of alkyl halides is 3. The second-order valence-electron chi connectivity index (χ2n) is 5.97. The summed E-state index contributed by atoms with van der Waals surface area (Å²) < 4.78 is 40.1. The van der Waals surface area contributed by atoms with Crippen molar-refractivity contribution >= 4 is 28.8 Å². The molecule has 0 unspecified atom stereocenters. The van der Waals surface area contributed by atoms with E-state index in [1.807, 2.05) is 0 Å². The van der Waals surface area contributed by atoms with Crippen LogP contribution in [0.2, 0.25) is 0 Å². The van der Waals surface area contributed by atoms with Crippen LogP contribution in [-0.2, 0) is 6.54 Å². The van der Waals surface area contributed by atoms with Crippen LogP contribution in [0.1, 0.15) is 9.67 Å². The summed E-state index contributed by atoms with van der Waals surface area (Å²) >= 11 is 1.19. The molecule has 4 aromatic heterocycles. The van der Waals surface area contributed by atoms with Crippen LogP contribution in [0.5, 0.6) is 0 Å². The molecule has 4 aromatic rings. The smallest absolute Gasteiger partial charge is 0.366 e. The Labute approximate surface area is 159 Å². The molecule has 0 aliphatic carbocycles. The number of amides is 1. The van der Waals surface area contributed by atoms with Gasteiger partial charge in [-0.1, -0.05) is 0 Å². The summed E-state index contributed by atoms with van der Waals surface area (Å²) in [6.45, 7) is -1.21. The Hall–Kier alpha value is -3.41. The molecule has 0 aliphatic heterocycles. The van der Waals surface area contributed by atoms with Crippen molar-refractivity contribution in [3.05, 3.63) is 40.8 Å². The summed E-state index contributed by atoms with van der Waals surface area (Å²) in [5, 5.41) is 9.61. The van der Waals surface area contributed by atoms with Gasteiger partial charge in [0.1, 0.15) is 6.54 Å². The van der Waals surface area contributed by atoms with Crippen LogP contribution in [0.4, 0.5) is 19.1 Å². The second-order valence-corrected chi connectivity index (χ2v) is 6.89. The van der Waals surface area contributed by atoms with Crippen molar-refractivity contribution in [3.63, 3.8) is 0 Å². The van der Waals surface area contributed by atoms with Crippen molar-refractivity contribution in [2.24, 2.45) is 5.73 Å². The molecular formula is C16H12F3N7OS. The van der Waals surface area contributed by atoms with Gasteiger partial charge < -0.3 is 11.5 Å². The molecule has 28 heavy (non-hydrogen) atoms. The Morgan fingerprint density at radius 2 is 1.96 bits per heavy atom. The summed E-state index contributed by atoms with van der Waals surface area (Å²) in [6.07, 6.45) is -1.81. The Morgan fingerprint density at radius 3 is 2.64 bits per heavy atom. The second kappa shape index (κ2) is 6.34. The molecule has 0 aliphatic rings. The van der Waals surface area contributed by atoms with Crippen LogP contribution >= 0.6 is 11.3 Å². The van der Waals surface area contributed by atoms with E-state index in [-0.39, 0.29) is 5.95 Å². The zero-order chi connectivity index (χ0) is 20.1. The molecule has 12 heteroatoms. The summed E-state index contributed by atoms with van der Waals surface area (Å²) in [5.74, 6) is -0.526. The first-order valence-corrected chi connectivity index (χ1v) is 8.72. The SMILES string of the molecule is NC(=O)c1cc(-c2cc(-c3cnn(CC(F)(F)F)c3)n3nc(N)nc3c2)cs1. The van der Waals surface area contributed by atoms with Crippen LogP contribution < -0.4 is 11.5 Å². The Morgan fingerprint density at radius 1 is 1.18 bits per heavy atom. The molecule has 4 heterocycles. The van der Waals surface area contributed by atoms with Crippen LogP contribution in [0.15, 0.2) is 36.0 Å². The number of pyridine rings is 1. The number of rotatable bonds is 4. The highest BCUT2D eigenvalue weighted by Crippen LogP contribution is 2.31. The number of fused-ring (bicyclic) bond motifs is 1. The molecule has 144 valence electrons. The van der Waals surface area contributed by atoms with Gasteiger partial charge in [-0.25, -0.2) is 4.52 Å². The van der Waals surface area contributed by atoms with E-state index in [9.17, 15) is 18.0 Å². The van der Waals surface area contributed by atoms with Crippen molar-refractivity contribution in [1.82, 2.24) is 24.4 Å². The molecule has 0 saturated carbocycles. The third-order valence-electron chi connectivity index (χ3n) is 3.90. The molecular weight excluding hydrogens is 395 g/mol. The van der Waals surface area contributed by atoms with Crippen LogP contribution in [0.3, 0.4) is 0 Å². The minimum Gasteiger partial charge on any atom is -0.366 e. The number of primary amides is 1. The monoisotopic (exact) mass is 407 g/mol. The summed E-state index contributed by atoms with van der Waals surface area (Å²) in [4.78, 5) is 15.9. The van der Waals surface area contributed by atoms with E-state index in [4.69, 9.17) is 11.5 Å². The van der Waals surface area contributed by atoms with E-state index in [0.29, 0.717) is 32.9 Å². The van der Waals surface area contributed by atoms with E-state index in [0.717, 1.165) is 4.68 Å². The Bertz CT molecular complexity index is 1190. The summed E-state index contributed by atoms with van der Waals surface area (Å²) in [5.41, 5.74) is 13.7. The number of aromatic nitrogens is 5. The molecule has 0 saturated heterocycles. The van der Waals surface area contributed by atoms with E-state index in [2.05, 4.69) is 15.2 Å². The van der Waals surface area contributed by atoms with Crippen molar-refractivity contribution < 1.29 is 18.0 Å². The number of nitrogen functional groups attached to an aromatic ring is 1. The number of nitrogens with two attached hydrogens (primary N) is 2. The Balaban J connectivity index is 1.84. The topological polar surface area (TPSA) is 117 Å². The van der Waals surface area contributed by atoms with Gasteiger partial charge in [-0.05, 0) is 34.7 Å². The largest absolute Gasteiger partial charge is 0.408 e. The van der Waals surface area contributed by atoms with E-state index in [1.54, 1.807) is 23.6 Å². The Kier molecular flexibility index (Phi) is 4.07. The van der Waals surface area contributed by atoms with Gasteiger partial charge in [0.2, 0.25) is 5.95 Å². The van der Waals surface area contributed by atoms with Crippen molar-refractivity contribution in [3.8, 4) is 22.4 Å². The van der Waals surface area contributed by atoms with Gasteiger partial charge in [-0.3, -0.25) is 9.48 Å². The van der Waals surface area contributed by atoms with E-state index >= 15 is 0 Å². The third-order valence-corrected chi connectivity index (χ3v) is 4.84. The molecule has 8 nitrogen and oxygen atoms in total. The minimum atomic E-state index is -4.39. The quantitative estimate of drug-likeness (QED) is 0.539. The van der Waals surface area contributed by atoms with Gasteiger partial charge in [0.05, 0.1) is 16.8 Å². The molecule has 4 N–H and O–H groups in total. The van der Waals surface area contributed by atoms with Crippen LogP contribution in [-0.4, -0.2) is 36.5 Å². The first-order valence-electron chi connectivity index (χ1n) is 7.84. The number of nitrogens with zero attached hydrogens (tertiary/aromatic N) is 5. The predicted molar refractivity (Wildman–Crippen MR) is 96.5 cm³/mol. The van der Waals surface area contributed by atoms with Crippen LogP contribution in [0, 0.1) is 0 Å². The molecule has 0 atom stereocenters. The predicted octanol–water partition coefficient (Wildman–Crippen LogP) is 2.56. The lowest BCUT2D eigenvalue weighted by Gasteiger charge is -2.06. The molecule has 0 fully saturated rings. The summed E-state index contributed by atoms with van der Waals surface area (Å²) in [6, 6.07) is 5.05. The van der Waals surface area contributed by atoms with Gasteiger partial charge in [0.15, 0.2) is 5.65 Å². The molecule has 0 spiro atoms. The van der Waals surface area contributed by atoms with Gasteiger partial charge in [-0.15, -0.1) is 16.4 Å². The fraction of sp³-hybridized carbons (Fsp3) is 0.125. The lowest BCUT2D eigenvalue weighted by atomic mass is 10.1. The molecule has 0 aromatic carbocycles. The normalized spacial score (nSPS) is 12.0. The van der Waals surface area contributed by atoms with Crippen molar-refractivity contribution in [1.29, 1.82) is 0 Å². The first kappa shape index (κ1) is 18.0. The van der Waals surface area contributed by atoms with Gasteiger partial charge in [0, 0.05) is 11.8 Å². The highest BCUT2D eigenvalue weighted by molar-refractivity contribution is 7.12. The molecule has 0 radical (unpaired) electrons. The lowest BCUT2D eigenvalue weighted by molar-refractivity contribution is -0.142. The number of carbonyl (C=O) groups is 1. The fourth-order valence-corrected chi connectivity index (χ4v) is 3.52. The van der Waals surface area contributed by atoms with Gasteiger partial charge in [-0.2, -0.15) is 23.3 Å². The van der Waals surface area contributed by atoms with Gasteiger partial charge in [0.25, 0.3) is 5.91 Å². The standard InChI is InChI=1S/C16H12F3N7OS/c17-16(18,19)7-25-5-10(4-22-25)11-1-8(3-13-23-15(21)24-26(11)13)9-2-12(14(20)27)28-6-9/h1-6H,7H2,(H2,20,27)(H2,21,24). The maximum Gasteiger partial charge on any atom is 0.408 e. The maximum atomic E-state index is 12.6. The number of halogens is 3. The average molecular weight is 407 g/mol. The number of anilines is 1. The van der Waals surface area contributed by atoms with Crippen LogP contribution in [0.25, 0.3) is 28.0 Å². The number of hydrogen-bond donors (Lipinski definition) is 2. The van der Waals surface area contributed by atoms with Crippen molar-refractivity contribution in [2.45, 2.75) is 12.7 Å². The maximum absolute atomic E-state index is 12.6. The zero-order valence-corrected chi connectivity index (χ0v) is 14.8. The zero-order valence-electron chi connectivity index (χ0n) is 14.0.